The van der Waals surface area contributed by atoms with Crippen LogP contribution in [0.2, 0.25) is 0 Å². The number of halogens is 1. The summed E-state index contributed by atoms with van der Waals surface area (Å²) in [5.41, 5.74) is 5.29. The highest BCUT2D eigenvalue weighted by Gasteiger charge is 2.17. The molecule has 0 spiro atoms. The van der Waals surface area contributed by atoms with E-state index in [4.69, 9.17) is 0 Å². The van der Waals surface area contributed by atoms with Crippen LogP contribution in [0.15, 0.2) is 61.3 Å². The van der Waals surface area contributed by atoms with Gasteiger partial charge in [0, 0.05) is 30.2 Å². The maximum Gasteiger partial charge on any atom is 0.137 e. The van der Waals surface area contributed by atoms with E-state index >= 15 is 0 Å². The Morgan fingerprint density at radius 3 is 2.96 bits per heavy atom. The van der Waals surface area contributed by atoms with Crippen LogP contribution in [0.4, 0.5) is 4.39 Å². The van der Waals surface area contributed by atoms with E-state index in [9.17, 15) is 4.39 Å². The third-order valence-electron chi connectivity index (χ3n) is 3.96. The number of hydrogen-bond acceptors (Lipinski definition) is 4. The van der Waals surface area contributed by atoms with Gasteiger partial charge in [-0.05, 0) is 29.8 Å². The number of rotatable bonds is 4. The van der Waals surface area contributed by atoms with Crippen molar-refractivity contribution in [2.75, 3.05) is 13.2 Å². The number of nitrogens with zero attached hydrogens (tertiary/aromatic N) is 4. The summed E-state index contributed by atoms with van der Waals surface area (Å²) in [7, 11) is 0. The van der Waals surface area contributed by atoms with E-state index in [-0.39, 0.29) is 12.7 Å². The van der Waals surface area contributed by atoms with E-state index in [0.29, 0.717) is 6.54 Å². The average Bonchev–Trinajstić information content (AvgIpc) is 3.22. The van der Waals surface area contributed by atoms with Crippen molar-refractivity contribution in [3.8, 4) is 5.82 Å². The van der Waals surface area contributed by atoms with Gasteiger partial charge in [-0.2, -0.15) is 0 Å². The molecule has 23 heavy (non-hydrogen) atoms. The average molecular weight is 309 g/mol. The van der Waals surface area contributed by atoms with Crippen molar-refractivity contribution in [1.29, 1.82) is 0 Å². The number of aromatic nitrogens is 3. The molecule has 1 aliphatic rings. The highest BCUT2D eigenvalue weighted by molar-refractivity contribution is 5.80. The summed E-state index contributed by atoms with van der Waals surface area (Å²) in [5, 5.41) is 2.89. The molecule has 4 rings (SSSR count). The largest absolute Gasteiger partial charge is 0.312 e. The molecule has 0 radical (unpaired) electrons. The second kappa shape index (κ2) is 5.81. The van der Waals surface area contributed by atoms with Crippen molar-refractivity contribution in [2.24, 2.45) is 0 Å². The Morgan fingerprint density at radius 1 is 1.17 bits per heavy atom. The SMILES string of the molecule is FCCN1C=CC(c2ccc(-n3ccc4ccncc43)nc2)N1. The van der Waals surface area contributed by atoms with Crippen molar-refractivity contribution >= 4 is 10.9 Å². The third kappa shape index (κ3) is 2.57. The molecule has 1 N–H and O–H groups in total. The number of nitrogens with one attached hydrogen (secondary N) is 1. The molecule has 1 atom stereocenters. The normalized spacial score (nSPS) is 17.3. The molecule has 0 aliphatic carbocycles. The molecule has 0 aromatic carbocycles. The van der Waals surface area contributed by atoms with Crippen molar-refractivity contribution in [1.82, 2.24) is 25.0 Å². The zero-order valence-electron chi connectivity index (χ0n) is 12.4. The molecule has 4 heterocycles. The Balaban J connectivity index is 1.58. The molecule has 0 saturated carbocycles. The predicted molar refractivity (Wildman–Crippen MR) is 86.6 cm³/mol. The summed E-state index contributed by atoms with van der Waals surface area (Å²) in [4.78, 5) is 8.73. The van der Waals surface area contributed by atoms with E-state index in [1.54, 1.807) is 11.2 Å². The van der Waals surface area contributed by atoms with E-state index in [1.807, 2.05) is 59.7 Å². The summed E-state index contributed by atoms with van der Waals surface area (Å²) in [6.07, 6.45) is 11.3. The fourth-order valence-corrected chi connectivity index (χ4v) is 2.77. The number of fused-ring (bicyclic) bond motifs is 1. The molecule has 6 heteroatoms. The number of pyridine rings is 2. The minimum Gasteiger partial charge on any atom is -0.312 e. The second-order valence-electron chi connectivity index (χ2n) is 5.40. The summed E-state index contributed by atoms with van der Waals surface area (Å²) in [6.45, 7) is -0.0309. The Hall–Kier alpha value is -2.73. The van der Waals surface area contributed by atoms with E-state index < -0.39 is 0 Å². The van der Waals surface area contributed by atoms with Gasteiger partial charge in [0.1, 0.15) is 12.5 Å². The van der Waals surface area contributed by atoms with Gasteiger partial charge in [-0.15, -0.1) is 0 Å². The maximum atomic E-state index is 12.4. The summed E-state index contributed by atoms with van der Waals surface area (Å²) >= 11 is 0. The standard InChI is InChI=1S/C17H16FN5/c18-6-10-22-8-5-15(21-22)14-1-2-17(20-11-14)23-9-4-13-3-7-19-12-16(13)23/h1-5,7-9,11-12,15,21H,6,10H2. The molecule has 3 aromatic heterocycles. The quantitative estimate of drug-likeness (QED) is 0.805. The Labute approximate surface area is 133 Å². The Kier molecular flexibility index (Phi) is 3.51. The van der Waals surface area contributed by atoms with Crippen LogP contribution in [0.5, 0.6) is 0 Å². The smallest absolute Gasteiger partial charge is 0.137 e. The van der Waals surface area contributed by atoms with Gasteiger partial charge in [0.25, 0.3) is 0 Å². The van der Waals surface area contributed by atoms with Crippen LogP contribution in [0.25, 0.3) is 16.7 Å². The van der Waals surface area contributed by atoms with E-state index in [0.717, 1.165) is 22.3 Å². The van der Waals surface area contributed by atoms with Gasteiger partial charge in [0.15, 0.2) is 0 Å². The second-order valence-corrected chi connectivity index (χ2v) is 5.40. The molecule has 1 aliphatic heterocycles. The van der Waals surface area contributed by atoms with Crippen LogP contribution in [-0.4, -0.2) is 32.8 Å². The van der Waals surface area contributed by atoms with Crippen LogP contribution in [0.1, 0.15) is 11.6 Å². The van der Waals surface area contributed by atoms with Crippen molar-refractivity contribution in [3.05, 3.63) is 66.9 Å². The lowest BCUT2D eigenvalue weighted by atomic mass is 10.1. The van der Waals surface area contributed by atoms with Gasteiger partial charge in [0.05, 0.1) is 24.3 Å². The predicted octanol–water partition coefficient (Wildman–Crippen LogP) is 2.76. The minimum absolute atomic E-state index is 0.0335. The van der Waals surface area contributed by atoms with Crippen molar-refractivity contribution in [2.45, 2.75) is 6.04 Å². The highest BCUT2D eigenvalue weighted by atomic mass is 19.1. The van der Waals surface area contributed by atoms with Gasteiger partial charge in [0.2, 0.25) is 0 Å². The number of hydrogen-bond donors (Lipinski definition) is 1. The monoisotopic (exact) mass is 309 g/mol. The number of hydrazine groups is 1. The van der Waals surface area contributed by atoms with Gasteiger partial charge in [-0.3, -0.25) is 9.55 Å². The molecule has 0 saturated heterocycles. The topological polar surface area (TPSA) is 46.0 Å². The third-order valence-corrected chi connectivity index (χ3v) is 3.96. The van der Waals surface area contributed by atoms with E-state index in [1.165, 1.54) is 0 Å². The molecule has 1 unspecified atom stereocenters. The van der Waals surface area contributed by atoms with Gasteiger partial charge >= 0.3 is 0 Å². The maximum absolute atomic E-state index is 12.4. The van der Waals surface area contributed by atoms with Crippen LogP contribution in [0.3, 0.4) is 0 Å². The molecule has 3 aromatic rings. The molecular formula is C17H16FN5. The van der Waals surface area contributed by atoms with Crippen LogP contribution < -0.4 is 5.43 Å². The van der Waals surface area contributed by atoms with Crippen molar-refractivity contribution in [3.63, 3.8) is 0 Å². The van der Waals surface area contributed by atoms with Crippen molar-refractivity contribution < 1.29 is 4.39 Å². The molecular weight excluding hydrogens is 293 g/mol. The molecule has 0 bridgehead atoms. The fraction of sp³-hybridized carbons (Fsp3) is 0.176. The summed E-state index contributed by atoms with van der Waals surface area (Å²) in [6, 6.07) is 8.07. The Bertz CT molecular complexity index is 840. The highest BCUT2D eigenvalue weighted by Crippen LogP contribution is 2.22. The molecule has 5 nitrogen and oxygen atoms in total. The lowest BCUT2D eigenvalue weighted by Gasteiger charge is -2.18. The lowest BCUT2D eigenvalue weighted by molar-refractivity contribution is 0.250. The zero-order chi connectivity index (χ0) is 15.6. The fourth-order valence-electron chi connectivity index (χ4n) is 2.77. The summed E-state index contributed by atoms with van der Waals surface area (Å²) < 4.78 is 14.4. The van der Waals surface area contributed by atoms with E-state index in [2.05, 4.69) is 15.4 Å². The minimum atomic E-state index is -0.379. The first-order chi connectivity index (χ1) is 11.3. The first kappa shape index (κ1) is 13.9. The van der Waals surface area contributed by atoms with Gasteiger partial charge in [-0.25, -0.2) is 14.8 Å². The lowest BCUT2D eigenvalue weighted by Crippen LogP contribution is -2.32. The first-order valence-electron chi connectivity index (χ1n) is 7.49. The molecule has 0 fully saturated rings. The Morgan fingerprint density at radius 2 is 2.13 bits per heavy atom. The molecule has 116 valence electrons. The molecule has 0 amide bonds. The zero-order valence-corrected chi connectivity index (χ0v) is 12.4. The van der Waals surface area contributed by atoms with Crippen LogP contribution in [0, 0.1) is 0 Å². The number of alkyl halides is 1. The van der Waals surface area contributed by atoms with Crippen LogP contribution >= 0.6 is 0 Å². The summed E-state index contributed by atoms with van der Waals surface area (Å²) in [5.74, 6) is 0.847. The first-order valence-corrected chi connectivity index (χ1v) is 7.49. The van der Waals surface area contributed by atoms with Crippen LogP contribution in [-0.2, 0) is 0 Å². The van der Waals surface area contributed by atoms with Gasteiger partial charge < -0.3 is 5.01 Å². The van der Waals surface area contributed by atoms with Gasteiger partial charge in [-0.1, -0.05) is 6.07 Å².